The fourth-order valence-electron chi connectivity index (χ4n) is 4.31. The van der Waals surface area contributed by atoms with Gasteiger partial charge >= 0.3 is 0 Å². The van der Waals surface area contributed by atoms with Gasteiger partial charge in [-0.05, 0) is 19.0 Å². The van der Waals surface area contributed by atoms with E-state index < -0.39 is 5.92 Å². The van der Waals surface area contributed by atoms with Gasteiger partial charge < -0.3 is 15.1 Å². The Morgan fingerprint density at radius 3 is 2.70 bits per heavy atom. The number of piperazine rings is 1. The summed E-state index contributed by atoms with van der Waals surface area (Å²) >= 11 is 0. The highest BCUT2D eigenvalue weighted by molar-refractivity contribution is 6.03. The van der Waals surface area contributed by atoms with Crippen molar-refractivity contribution in [1.82, 2.24) is 24.9 Å². The maximum absolute atomic E-state index is 12.7. The number of rotatable bonds is 5. The molecule has 9 nitrogen and oxygen atoms in total. The number of hydrogen-bond donors (Lipinski definition) is 2. The van der Waals surface area contributed by atoms with E-state index in [9.17, 15) is 14.4 Å². The largest absolute Gasteiger partial charge is 0.374 e. The topological polar surface area (TPSA) is 99.6 Å². The van der Waals surface area contributed by atoms with Crippen LogP contribution in [0.15, 0.2) is 18.2 Å². The molecule has 1 aromatic heterocycles. The molecule has 0 bridgehead atoms. The van der Waals surface area contributed by atoms with Crippen molar-refractivity contribution in [2.45, 2.75) is 25.7 Å². The van der Waals surface area contributed by atoms with Gasteiger partial charge in [0.15, 0.2) is 0 Å². The van der Waals surface area contributed by atoms with E-state index in [1.165, 1.54) is 0 Å². The first-order valence-corrected chi connectivity index (χ1v) is 10.5. The lowest BCUT2D eigenvalue weighted by atomic mass is 9.92. The average Bonchev–Trinajstić information content (AvgIpc) is 3.09. The average molecular weight is 412 g/mol. The summed E-state index contributed by atoms with van der Waals surface area (Å²) in [7, 11) is 1.83. The molecule has 0 spiro atoms. The third kappa shape index (κ3) is 3.89. The van der Waals surface area contributed by atoms with E-state index in [2.05, 4.69) is 27.6 Å². The standard InChI is InChI=1S/C21H28N6O3/c1-3-26-9-11-27(12-10-26)18(29)13-22-16-6-4-5-14-19(24-25(2)20(14)16)15-7-8-17(28)23-21(15)30/h4-6,15,22H,3,7-13H2,1-2H3,(H,23,28,30). The summed E-state index contributed by atoms with van der Waals surface area (Å²) in [6.07, 6.45) is 0.767. The van der Waals surface area contributed by atoms with E-state index in [1.807, 2.05) is 30.1 Å². The number of nitrogens with one attached hydrogen (secondary N) is 2. The highest BCUT2D eigenvalue weighted by Gasteiger charge is 2.32. The summed E-state index contributed by atoms with van der Waals surface area (Å²) in [5.41, 5.74) is 2.32. The Morgan fingerprint density at radius 1 is 1.23 bits per heavy atom. The molecule has 0 aliphatic carbocycles. The molecular formula is C21H28N6O3. The molecule has 3 amide bonds. The maximum Gasteiger partial charge on any atom is 0.241 e. The molecular weight excluding hydrogens is 384 g/mol. The Labute approximate surface area is 175 Å². The number of likely N-dealkylation sites (N-methyl/N-ethyl adjacent to an activating group) is 1. The van der Waals surface area contributed by atoms with Crippen LogP contribution in [0.25, 0.3) is 10.9 Å². The van der Waals surface area contributed by atoms with Crippen LogP contribution in [0.5, 0.6) is 0 Å². The quantitative estimate of drug-likeness (QED) is 0.701. The van der Waals surface area contributed by atoms with E-state index in [1.54, 1.807) is 4.68 Å². The molecule has 2 aromatic rings. The first kappa shape index (κ1) is 20.3. The number of carbonyl (C=O) groups is 3. The summed E-state index contributed by atoms with van der Waals surface area (Å²) in [5, 5.41) is 11.1. The Morgan fingerprint density at radius 2 is 2.00 bits per heavy atom. The van der Waals surface area contributed by atoms with Crippen LogP contribution in [0.4, 0.5) is 5.69 Å². The lowest BCUT2D eigenvalue weighted by Crippen LogP contribution is -2.49. The number of fused-ring (bicyclic) bond motifs is 1. The molecule has 2 aliphatic heterocycles. The first-order valence-electron chi connectivity index (χ1n) is 10.5. The predicted molar refractivity (Wildman–Crippen MR) is 113 cm³/mol. The van der Waals surface area contributed by atoms with Gasteiger partial charge in [-0.25, -0.2) is 0 Å². The van der Waals surface area contributed by atoms with Crippen LogP contribution in [-0.2, 0) is 21.4 Å². The molecule has 4 rings (SSSR count). The Hall–Kier alpha value is -2.94. The zero-order valence-corrected chi connectivity index (χ0v) is 17.5. The van der Waals surface area contributed by atoms with Crippen LogP contribution in [0.3, 0.4) is 0 Å². The fraction of sp³-hybridized carbons (Fsp3) is 0.524. The normalized spacial score (nSPS) is 20.5. The number of carbonyl (C=O) groups excluding carboxylic acids is 3. The number of aryl methyl sites for hydroxylation is 1. The number of anilines is 1. The van der Waals surface area contributed by atoms with E-state index in [0.29, 0.717) is 18.5 Å². The summed E-state index contributed by atoms with van der Waals surface area (Å²) < 4.78 is 1.74. The van der Waals surface area contributed by atoms with Crippen LogP contribution in [-0.4, -0.2) is 76.6 Å². The van der Waals surface area contributed by atoms with Gasteiger partial charge in [0.2, 0.25) is 17.7 Å². The van der Waals surface area contributed by atoms with E-state index in [-0.39, 0.29) is 24.3 Å². The second-order valence-corrected chi connectivity index (χ2v) is 7.88. The van der Waals surface area contributed by atoms with Crippen molar-refractivity contribution < 1.29 is 14.4 Å². The first-order chi connectivity index (χ1) is 14.5. The minimum absolute atomic E-state index is 0.0790. The minimum Gasteiger partial charge on any atom is -0.374 e. The second kappa shape index (κ2) is 8.43. The van der Waals surface area contributed by atoms with Crippen LogP contribution >= 0.6 is 0 Å². The Kier molecular flexibility index (Phi) is 5.72. The lowest BCUT2D eigenvalue weighted by molar-refractivity contribution is -0.134. The molecule has 2 fully saturated rings. The van der Waals surface area contributed by atoms with E-state index in [0.717, 1.165) is 49.3 Å². The highest BCUT2D eigenvalue weighted by atomic mass is 16.2. The van der Waals surface area contributed by atoms with E-state index >= 15 is 0 Å². The van der Waals surface area contributed by atoms with Crippen molar-refractivity contribution in [2.75, 3.05) is 44.6 Å². The third-order valence-corrected chi connectivity index (χ3v) is 6.06. The number of benzene rings is 1. The molecule has 160 valence electrons. The minimum atomic E-state index is -0.446. The highest BCUT2D eigenvalue weighted by Crippen LogP contribution is 2.33. The number of hydrogen-bond acceptors (Lipinski definition) is 6. The van der Waals surface area contributed by atoms with Crippen LogP contribution in [0.1, 0.15) is 31.4 Å². The molecule has 1 unspecified atom stereocenters. The van der Waals surface area contributed by atoms with Gasteiger partial charge in [-0.1, -0.05) is 19.1 Å². The summed E-state index contributed by atoms with van der Waals surface area (Å²) in [4.78, 5) is 40.7. The van der Waals surface area contributed by atoms with Crippen LogP contribution in [0.2, 0.25) is 0 Å². The van der Waals surface area contributed by atoms with Gasteiger partial charge in [-0.15, -0.1) is 0 Å². The van der Waals surface area contributed by atoms with E-state index in [4.69, 9.17) is 0 Å². The number of imide groups is 1. The number of amides is 3. The van der Waals surface area contributed by atoms with Crippen LogP contribution in [0, 0.1) is 0 Å². The van der Waals surface area contributed by atoms with Gasteiger partial charge in [0, 0.05) is 45.0 Å². The van der Waals surface area contributed by atoms with Crippen molar-refractivity contribution >= 4 is 34.3 Å². The van der Waals surface area contributed by atoms with Gasteiger partial charge in [0.1, 0.15) is 0 Å². The van der Waals surface area contributed by atoms with Crippen molar-refractivity contribution in [3.63, 3.8) is 0 Å². The molecule has 2 N–H and O–H groups in total. The SMILES string of the molecule is CCN1CCN(C(=O)CNc2cccc3c(C4CCC(=O)NC4=O)nn(C)c23)CC1. The zero-order chi connectivity index (χ0) is 21.3. The molecule has 0 saturated carbocycles. The lowest BCUT2D eigenvalue weighted by Gasteiger charge is -2.34. The van der Waals surface area contributed by atoms with Gasteiger partial charge in [0.25, 0.3) is 0 Å². The van der Waals surface area contributed by atoms with Crippen LogP contribution < -0.4 is 10.6 Å². The summed E-state index contributed by atoms with van der Waals surface area (Å²) in [6.45, 7) is 6.69. The number of para-hydroxylation sites is 1. The van der Waals surface area contributed by atoms with Gasteiger partial charge in [-0.3, -0.25) is 24.4 Å². The Bertz CT molecular complexity index is 977. The van der Waals surface area contributed by atoms with Crippen molar-refractivity contribution in [3.8, 4) is 0 Å². The predicted octanol–water partition coefficient (Wildman–Crippen LogP) is 0.670. The van der Waals surface area contributed by atoms with Gasteiger partial charge in [-0.2, -0.15) is 5.10 Å². The molecule has 30 heavy (non-hydrogen) atoms. The monoisotopic (exact) mass is 412 g/mol. The molecule has 3 heterocycles. The molecule has 1 atom stereocenters. The number of piperidine rings is 1. The molecule has 1 aromatic carbocycles. The number of nitrogens with zero attached hydrogens (tertiary/aromatic N) is 4. The Balaban J connectivity index is 1.50. The third-order valence-electron chi connectivity index (χ3n) is 6.06. The van der Waals surface area contributed by atoms with Crippen molar-refractivity contribution in [2.24, 2.45) is 7.05 Å². The molecule has 0 radical (unpaired) electrons. The summed E-state index contributed by atoms with van der Waals surface area (Å²) in [5.74, 6) is -0.906. The summed E-state index contributed by atoms with van der Waals surface area (Å²) in [6, 6.07) is 5.74. The fourth-order valence-corrected chi connectivity index (χ4v) is 4.31. The van der Waals surface area contributed by atoms with Crippen molar-refractivity contribution in [1.29, 1.82) is 0 Å². The second-order valence-electron chi connectivity index (χ2n) is 7.88. The maximum atomic E-state index is 12.7. The zero-order valence-electron chi connectivity index (χ0n) is 17.5. The smallest absolute Gasteiger partial charge is 0.241 e. The number of aromatic nitrogens is 2. The van der Waals surface area contributed by atoms with Gasteiger partial charge in [0.05, 0.1) is 29.4 Å². The van der Waals surface area contributed by atoms with Crippen molar-refractivity contribution in [3.05, 3.63) is 23.9 Å². The molecule has 2 aliphatic rings. The molecule has 2 saturated heterocycles. The molecule has 9 heteroatoms.